The molecule has 1 unspecified atom stereocenters. The van der Waals surface area contributed by atoms with Crippen LogP contribution in [0.3, 0.4) is 0 Å². The van der Waals surface area contributed by atoms with E-state index in [1.54, 1.807) is 12.1 Å². The predicted molar refractivity (Wildman–Crippen MR) is 129 cm³/mol. The number of sulfonamides is 1. The molecule has 7 heteroatoms. The van der Waals surface area contributed by atoms with Crippen LogP contribution in [-0.2, 0) is 14.8 Å². The molecule has 33 heavy (non-hydrogen) atoms. The molecule has 1 atom stereocenters. The van der Waals surface area contributed by atoms with Gasteiger partial charge < -0.3 is 9.47 Å². The molecule has 4 rings (SSSR count). The van der Waals surface area contributed by atoms with Gasteiger partial charge in [0.25, 0.3) is 10.0 Å². The van der Waals surface area contributed by atoms with Gasteiger partial charge in [0, 0.05) is 32.1 Å². The Labute approximate surface area is 196 Å². The normalized spacial score (nSPS) is 19.3. The van der Waals surface area contributed by atoms with Crippen molar-refractivity contribution in [3.8, 4) is 5.75 Å². The van der Waals surface area contributed by atoms with Crippen LogP contribution in [0.5, 0.6) is 5.75 Å². The highest BCUT2D eigenvalue weighted by Crippen LogP contribution is 2.36. The van der Waals surface area contributed by atoms with Crippen LogP contribution in [0, 0.1) is 25.7 Å². The van der Waals surface area contributed by atoms with Crippen molar-refractivity contribution in [1.29, 1.82) is 0 Å². The summed E-state index contributed by atoms with van der Waals surface area (Å²) in [4.78, 5) is 13.1. The van der Waals surface area contributed by atoms with Gasteiger partial charge in [-0.05, 0) is 62.4 Å². The first kappa shape index (κ1) is 23.8. The Morgan fingerprint density at radius 2 is 1.79 bits per heavy atom. The van der Waals surface area contributed by atoms with Crippen LogP contribution < -0.4 is 9.04 Å². The molecule has 178 valence electrons. The Morgan fingerprint density at radius 1 is 1.06 bits per heavy atom. The average molecular weight is 472 g/mol. The lowest BCUT2D eigenvalue weighted by Gasteiger charge is -2.34. The third-order valence-electron chi connectivity index (χ3n) is 6.45. The summed E-state index contributed by atoms with van der Waals surface area (Å²) in [7, 11) is -3.87. The Kier molecular flexibility index (Phi) is 6.82. The number of aryl methyl sites for hydroxylation is 2. The topological polar surface area (TPSA) is 72.9 Å². The first-order valence-corrected chi connectivity index (χ1v) is 13.1. The van der Waals surface area contributed by atoms with Gasteiger partial charge >= 0.3 is 0 Å². The van der Waals surface area contributed by atoms with Crippen LogP contribution in [0.4, 0.5) is 5.69 Å². The number of anilines is 1. The van der Waals surface area contributed by atoms with Crippen molar-refractivity contribution >= 4 is 21.5 Å². The van der Waals surface area contributed by atoms with Crippen molar-refractivity contribution in [2.45, 2.75) is 58.0 Å². The maximum atomic E-state index is 13.8. The lowest BCUT2D eigenvalue weighted by molar-refractivity contribution is 0.0119. The molecule has 2 aromatic carbocycles. The molecule has 6 nitrogen and oxygen atoms in total. The monoisotopic (exact) mass is 471 g/mol. The highest BCUT2D eigenvalue weighted by molar-refractivity contribution is 7.92. The van der Waals surface area contributed by atoms with Crippen molar-refractivity contribution in [2.75, 3.05) is 24.1 Å². The molecule has 0 amide bonds. The fourth-order valence-corrected chi connectivity index (χ4v) is 6.43. The quantitative estimate of drug-likeness (QED) is 0.598. The zero-order valence-corrected chi connectivity index (χ0v) is 20.7. The van der Waals surface area contributed by atoms with Gasteiger partial charge in [-0.1, -0.05) is 31.5 Å². The van der Waals surface area contributed by atoms with E-state index in [1.807, 2.05) is 45.9 Å². The minimum absolute atomic E-state index is 0.0632. The summed E-state index contributed by atoms with van der Waals surface area (Å²) in [6, 6.07) is 10.5. The van der Waals surface area contributed by atoms with Crippen LogP contribution in [0.15, 0.2) is 41.3 Å². The predicted octanol–water partition coefficient (Wildman–Crippen LogP) is 4.92. The van der Waals surface area contributed by atoms with E-state index < -0.39 is 10.0 Å². The van der Waals surface area contributed by atoms with Crippen molar-refractivity contribution < 1.29 is 22.7 Å². The van der Waals surface area contributed by atoms with E-state index in [4.69, 9.17) is 9.47 Å². The molecule has 2 aromatic rings. The Morgan fingerprint density at radius 3 is 2.45 bits per heavy atom. The minimum atomic E-state index is -3.87. The van der Waals surface area contributed by atoms with Crippen LogP contribution in [-0.4, -0.2) is 40.1 Å². The van der Waals surface area contributed by atoms with Crippen LogP contribution in [0.25, 0.3) is 0 Å². The summed E-state index contributed by atoms with van der Waals surface area (Å²) in [5.74, 6) is 0.823. The van der Waals surface area contributed by atoms with E-state index in [0.29, 0.717) is 36.8 Å². The Balaban J connectivity index is 1.67. The molecule has 2 aliphatic heterocycles. The summed E-state index contributed by atoms with van der Waals surface area (Å²) in [6.07, 6.45) is 1.84. The Bertz CT molecular complexity index is 1140. The van der Waals surface area contributed by atoms with E-state index >= 15 is 0 Å². The zero-order chi connectivity index (χ0) is 23.8. The van der Waals surface area contributed by atoms with Gasteiger partial charge in [-0.15, -0.1) is 0 Å². The van der Waals surface area contributed by atoms with E-state index in [9.17, 15) is 13.2 Å². The van der Waals surface area contributed by atoms with E-state index in [2.05, 4.69) is 0 Å². The van der Waals surface area contributed by atoms with Crippen molar-refractivity contribution in [3.63, 3.8) is 0 Å². The molecule has 0 N–H and O–H groups in total. The molecule has 0 aliphatic carbocycles. The van der Waals surface area contributed by atoms with Crippen LogP contribution in [0.2, 0.25) is 0 Å². The molecule has 1 fully saturated rings. The van der Waals surface area contributed by atoms with Gasteiger partial charge in [0.1, 0.15) is 11.9 Å². The number of nitrogens with zero attached hydrogens (tertiary/aromatic N) is 1. The third kappa shape index (κ3) is 4.94. The molecular weight excluding hydrogens is 438 g/mol. The molecule has 2 heterocycles. The molecule has 2 aliphatic rings. The number of Topliss-reactive ketones (excluding diaryl/α,β-unsaturated/α-hetero) is 1. The molecular formula is C26H33NO5S. The van der Waals surface area contributed by atoms with Gasteiger partial charge in [-0.2, -0.15) is 0 Å². The number of ether oxygens (including phenoxy) is 2. The van der Waals surface area contributed by atoms with Crippen LogP contribution >= 0.6 is 0 Å². The molecule has 0 radical (unpaired) electrons. The first-order valence-electron chi connectivity index (χ1n) is 11.7. The van der Waals surface area contributed by atoms with Gasteiger partial charge in [0.2, 0.25) is 0 Å². The number of benzene rings is 2. The van der Waals surface area contributed by atoms with Gasteiger partial charge in [-0.3, -0.25) is 9.10 Å². The van der Waals surface area contributed by atoms with E-state index in [1.165, 1.54) is 10.4 Å². The van der Waals surface area contributed by atoms with Gasteiger partial charge in [0.15, 0.2) is 5.78 Å². The van der Waals surface area contributed by atoms with Crippen molar-refractivity contribution in [1.82, 2.24) is 0 Å². The van der Waals surface area contributed by atoms with Gasteiger partial charge in [0.05, 0.1) is 16.1 Å². The second-order valence-corrected chi connectivity index (χ2v) is 11.5. The average Bonchev–Trinajstić information content (AvgIpc) is 2.78. The second-order valence-electron chi connectivity index (χ2n) is 9.61. The summed E-state index contributed by atoms with van der Waals surface area (Å²) in [6.45, 7) is 9.62. The molecule has 1 saturated heterocycles. The highest BCUT2D eigenvalue weighted by Gasteiger charge is 2.35. The molecule has 0 aromatic heterocycles. The smallest absolute Gasteiger partial charge is 0.264 e. The third-order valence-corrected chi connectivity index (χ3v) is 8.22. The summed E-state index contributed by atoms with van der Waals surface area (Å²) in [5, 5.41) is 0. The molecule has 0 bridgehead atoms. The first-order chi connectivity index (χ1) is 15.7. The summed E-state index contributed by atoms with van der Waals surface area (Å²) < 4.78 is 40.6. The maximum absolute atomic E-state index is 13.8. The number of ketones is 1. The van der Waals surface area contributed by atoms with Gasteiger partial charge in [-0.25, -0.2) is 8.42 Å². The lowest BCUT2D eigenvalue weighted by atomic mass is 9.87. The van der Waals surface area contributed by atoms with Crippen molar-refractivity contribution in [2.24, 2.45) is 11.8 Å². The number of hydrogen-bond acceptors (Lipinski definition) is 5. The number of hydrogen-bond donors (Lipinski definition) is 0. The van der Waals surface area contributed by atoms with E-state index in [-0.39, 0.29) is 35.0 Å². The summed E-state index contributed by atoms with van der Waals surface area (Å²) >= 11 is 0. The molecule has 0 saturated carbocycles. The Hall–Kier alpha value is -2.38. The summed E-state index contributed by atoms with van der Waals surface area (Å²) in [5.41, 5.74) is 2.99. The fourth-order valence-electron chi connectivity index (χ4n) is 4.71. The number of rotatable bonds is 6. The van der Waals surface area contributed by atoms with Crippen LogP contribution in [0.1, 0.15) is 54.6 Å². The fraction of sp³-hybridized carbons (Fsp3) is 0.500. The maximum Gasteiger partial charge on any atom is 0.264 e. The molecule has 0 spiro atoms. The highest BCUT2D eigenvalue weighted by atomic mass is 32.2. The standard InChI is InChI=1S/C26H33NO5S/c1-17(2)16-27(23-7-5-18(3)13-19(23)4)33(29,30)21-6-8-25-22(14-21)24(28)15-26(32-25)20-9-11-31-12-10-20/h5-8,13-14,17,20,26H,9-12,15-16H2,1-4H3. The second kappa shape index (κ2) is 9.47. The lowest BCUT2D eigenvalue weighted by Crippen LogP contribution is -2.37. The number of carbonyl (C=O) groups excluding carboxylic acids is 1. The zero-order valence-electron chi connectivity index (χ0n) is 19.8. The number of fused-ring (bicyclic) bond motifs is 1. The minimum Gasteiger partial charge on any atom is -0.489 e. The van der Waals surface area contributed by atoms with Crippen molar-refractivity contribution in [3.05, 3.63) is 53.1 Å². The largest absolute Gasteiger partial charge is 0.489 e. The number of carbonyl (C=O) groups is 1. The van der Waals surface area contributed by atoms with E-state index in [0.717, 1.165) is 24.0 Å². The SMILES string of the molecule is Cc1ccc(N(CC(C)C)S(=O)(=O)c2ccc3c(c2)C(=O)CC(C2CCOCC2)O3)c(C)c1.